The van der Waals surface area contributed by atoms with Crippen molar-refractivity contribution in [2.45, 2.75) is 38.1 Å². The van der Waals surface area contributed by atoms with Crippen molar-refractivity contribution in [2.75, 3.05) is 0 Å². The van der Waals surface area contributed by atoms with Crippen LogP contribution in [0, 0.1) is 11.6 Å². The molecule has 1 heterocycles. The van der Waals surface area contributed by atoms with Gasteiger partial charge in [-0.05, 0) is 31.0 Å². The van der Waals surface area contributed by atoms with E-state index in [0.29, 0.717) is 11.8 Å². The molecule has 1 aromatic carbocycles. The second-order valence-corrected chi connectivity index (χ2v) is 5.45. The summed E-state index contributed by atoms with van der Waals surface area (Å²) in [6.45, 7) is 0. The molecule has 0 spiro atoms. The maximum atomic E-state index is 13.9. The Balaban J connectivity index is 2.03. The number of halogens is 2. The predicted molar refractivity (Wildman–Crippen MR) is 75.1 cm³/mol. The number of nitrogens with zero attached hydrogens (tertiary/aromatic N) is 2. The zero-order valence-corrected chi connectivity index (χ0v) is 11.6. The van der Waals surface area contributed by atoms with Crippen LogP contribution in [0.5, 0.6) is 0 Å². The van der Waals surface area contributed by atoms with Crippen LogP contribution in [-0.4, -0.2) is 16.1 Å². The quantitative estimate of drug-likeness (QED) is 0.796. The molecule has 1 aliphatic rings. The van der Waals surface area contributed by atoms with Gasteiger partial charge in [0.1, 0.15) is 17.3 Å². The molecule has 0 aliphatic heterocycles. The summed E-state index contributed by atoms with van der Waals surface area (Å²) in [5.41, 5.74) is 0.546. The fourth-order valence-electron chi connectivity index (χ4n) is 2.91. The van der Waals surface area contributed by atoms with Crippen molar-refractivity contribution in [3.8, 4) is 11.3 Å². The van der Waals surface area contributed by atoms with E-state index in [1.165, 1.54) is 6.42 Å². The van der Waals surface area contributed by atoms with Gasteiger partial charge >= 0.3 is 0 Å². The molecule has 110 valence electrons. The molecule has 3 rings (SSSR count). The summed E-state index contributed by atoms with van der Waals surface area (Å²) in [4.78, 5) is 11.2. The number of carbonyl (C=O) groups excluding carboxylic acids is 1. The van der Waals surface area contributed by atoms with Crippen LogP contribution in [0.2, 0.25) is 0 Å². The highest BCUT2D eigenvalue weighted by atomic mass is 19.1. The van der Waals surface area contributed by atoms with Crippen molar-refractivity contribution in [3.63, 3.8) is 0 Å². The Morgan fingerprint density at radius 1 is 1.19 bits per heavy atom. The molecule has 0 amide bonds. The van der Waals surface area contributed by atoms with E-state index >= 15 is 0 Å². The number of hydrogen-bond acceptors (Lipinski definition) is 2. The van der Waals surface area contributed by atoms with Crippen molar-refractivity contribution < 1.29 is 13.6 Å². The van der Waals surface area contributed by atoms with Gasteiger partial charge in [-0.2, -0.15) is 5.10 Å². The smallest absolute Gasteiger partial charge is 0.153 e. The van der Waals surface area contributed by atoms with Crippen LogP contribution in [0.1, 0.15) is 48.5 Å². The molecule has 21 heavy (non-hydrogen) atoms. The van der Waals surface area contributed by atoms with E-state index < -0.39 is 11.6 Å². The molecule has 0 N–H and O–H groups in total. The first-order valence-corrected chi connectivity index (χ1v) is 7.19. The van der Waals surface area contributed by atoms with Gasteiger partial charge < -0.3 is 0 Å². The topological polar surface area (TPSA) is 34.9 Å². The number of hydrogen-bond donors (Lipinski definition) is 0. The lowest BCUT2D eigenvalue weighted by atomic mass is 9.96. The molecule has 1 fully saturated rings. The third kappa shape index (κ3) is 2.73. The Morgan fingerprint density at radius 2 is 1.95 bits per heavy atom. The van der Waals surface area contributed by atoms with Crippen molar-refractivity contribution in [1.82, 2.24) is 9.78 Å². The molecule has 0 atom stereocenters. The number of rotatable bonds is 3. The zero-order chi connectivity index (χ0) is 14.8. The molecule has 0 bridgehead atoms. The van der Waals surface area contributed by atoms with Gasteiger partial charge in [0.05, 0.1) is 11.6 Å². The molecule has 0 saturated heterocycles. The summed E-state index contributed by atoms with van der Waals surface area (Å²) in [5, 5.41) is 4.36. The molecule has 1 aliphatic carbocycles. The summed E-state index contributed by atoms with van der Waals surface area (Å²) in [5.74, 6) is -1.12. The molecule has 0 unspecified atom stereocenters. The highest BCUT2D eigenvalue weighted by Gasteiger charge is 2.21. The molecule has 1 saturated carbocycles. The van der Waals surface area contributed by atoms with E-state index in [4.69, 9.17) is 0 Å². The minimum atomic E-state index is -0.576. The predicted octanol–water partition coefficient (Wildman–Crippen LogP) is 4.15. The van der Waals surface area contributed by atoms with Crippen LogP contribution in [0.15, 0.2) is 24.4 Å². The number of carbonyl (C=O) groups is 1. The normalized spacial score (nSPS) is 16.1. The maximum absolute atomic E-state index is 13.9. The van der Waals surface area contributed by atoms with Gasteiger partial charge in [-0.15, -0.1) is 0 Å². The van der Waals surface area contributed by atoms with E-state index in [0.717, 1.165) is 43.9 Å². The fourth-order valence-corrected chi connectivity index (χ4v) is 2.91. The molecule has 5 heteroatoms. The van der Waals surface area contributed by atoms with Gasteiger partial charge in [-0.1, -0.05) is 19.3 Å². The second-order valence-electron chi connectivity index (χ2n) is 5.45. The third-order valence-corrected chi connectivity index (χ3v) is 4.02. The van der Waals surface area contributed by atoms with E-state index in [1.807, 2.05) is 0 Å². The second kappa shape index (κ2) is 5.76. The Morgan fingerprint density at radius 3 is 2.67 bits per heavy atom. The van der Waals surface area contributed by atoms with E-state index in [-0.39, 0.29) is 17.3 Å². The average Bonchev–Trinajstić information content (AvgIpc) is 2.94. The number of aromatic nitrogens is 2. The molecule has 2 aromatic rings. The summed E-state index contributed by atoms with van der Waals surface area (Å²) in [7, 11) is 0. The van der Waals surface area contributed by atoms with E-state index in [1.54, 1.807) is 10.9 Å². The molecule has 0 radical (unpaired) electrons. The highest BCUT2D eigenvalue weighted by molar-refractivity contribution is 5.85. The van der Waals surface area contributed by atoms with E-state index in [2.05, 4.69) is 5.10 Å². The van der Waals surface area contributed by atoms with Gasteiger partial charge in [-0.25, -0.2) is 8.78 Å². The summed E-state index contributed by atoms with van der Waals surface area (Å²) < 4.78 is 29.0. The highest BCUT2D eigenvalue weighted by Crippen LogP contribution is 2.31. The summed E-state index contributed by atoms with van der Waals surface area (Å²) in [6.07, 6.45) is 7.77. The van der Waals surface area contributed by atoms with Crippen LogP contribution in [0.4, 0.5) is 8.78 Å². The van der Waals surface area contributed by atoms with Crippen LogP contribution in [-0.2, 0) is 0 Å². The van der Waals surface area contributed by atoms with Crippen molar-refractivity contribution in [3.05, 3.63) is 41.6 Å². The summed E-state index contributed by atoms with van der Waals surface area (Å²) in [6, 6.07) is 3.43. The minimum Gasteiger partial charge on any atom is -0.298 e. The Kier molecular flexibility index (Phi) is 3.82. The third-order valence-electron chi connectivity index (χ3n) is 4.02. The fraction of sp³-hybridized carbons (Fsp3) is 0.375. The van der Waals surface area contributed by atoms with Crippen molar-refractivity contribution >= 4 is 6.29 Å². The van der Waals surface area contributed by atoms with Crippen LogP contribution < -0.4 is 0 Å². The Labute approximate surface area is 121 Å². The summed E-state index contributed by atoms with van der Waals surface area (Å²) >= 11 is 0. The monoisotopic (exact) mass is 290 g/mol. The molecular weight excluding hydrogens is 274 g/mol. The number of aldehydes is 1. The lowest BCUT2D eigenvalue weighted by Crippen LogP contribution is -2.13. The maximum Gasteiger partial charge on any atom is 0.153 e. The lowest BCUT2D eigenvalue weighted by molar-refractivity contribution is 0.112. The largest absolute Gasteiger partial charge is 0.298 e. The molecule has 3 nitrogen and oxygen atoms in total. The van der Waals surface area contributed by atoms with Crippen LogP contribution in [0.25, 0.3) is 11.3 Å². The van der Waals surface area contributed by atoms with Gasteiger partial charge in [0.2, 0.25) is 0 Å². The standard InChI is InChI=1S/C16H16F2N2O/c17-12-6-7-15(18)14(8-12)16-11(10-21)9-20(19-16)13-4-2-1-3-5-13/h6-10,13H,1-5H2. The first kappa shape index (κ1) is 13.9. The first-order chi connectivity index (χ1) is 10.2. The Hall–Kier alpha value is -2.04. The van der Waals surface area contributed by atoms with Crippen molar-refractivity contribution in [2.24, 2.45) is 0 Å². The molecular formula is C16H16F2N2O. The van der Waals surface area contributed by atoms with Crippen LogP contribution >= 0.6 is 0 Å². The Bertz CT molecular complexity index is 660. The number of benzene rings is 1. The van der Waals surface area contributed by atoms with Gasteiger partial charge in [0.15, 0.2) is 6.29 Å². The van der Waals surface area contributed by atoms with Gasteiger partial charge in [0.25, 0.3) is 0 Å². The minimum absolute atomic E-state index is 0.0339. The first-order valence-electron chi connectivity index (χ1n) is 7.19. The van der Waals surface area contributed by atoms with E-state index in [9.17, 15) is 13.6 Å². The lowest BCUT2D eigenvalue weighted by Gasteiger charge is -2.21. The van der Waals surface area contributed by atoms with Gasteiger partial charge in [0, 0.05) is 11.8 Å². The van der Waals surface area contributed by atoms with Crippen molar-refractivity contribution in [1.29, 1.82) is 0 Å². The SMILES string of the molecule is O=Cc1cn(C2CCCCC2)nc1-c1cc(F)ccc1F. The average molecular weight is 290 g/mol. The van der Waals surface area contributed by atoms with Crippen LogP contribution in [0.3, 0.4) is 0 Å². The van der Waals surface area contributed by atoms with Gasteiger partial charge in [-0.3, -0.25) is 9.48 Å². The zero-order valence-electron chi connectivity index (χ0n) is 11.6. The molecule has 1 aromatic heterocycles.